The topological polar surface area (TPSA) is 62.6 Å². The number of halogens is 1. The molecule has 0 saturated carbocycles. The van der Waals surface area contributed by atoms with Crippen LogP contribution in [0.1, 0.15) is 5.69 Å². The molecule has 0 aliphatic carbocycles. The lowest BCUT2D eigenvalue weighted by Crippen LogP contribution is -2.26. The van der Waals surface area contributed by atoms with E-state index in [4.69, 9.17) is 14.2 Å². The third-order valence-electron chi connectivity index (χ3n) is 2.44. The van der Waals surface area contributed by atoms with Gasteiger partial charge in [0.15, 0.2) is 0 Å². The van der Waals surface area contributed by atoms with Crippen molar-refractivity contribution in [3.63, 3.8) is 0 Å². The molecule has 0 atom stereocenters. The molecule has 7 heteroatoms. The summed E-state index contributed by atoms with van der Waals surface area (Å²) >= 11 is 2.01. The third-order valence-corrected chi connectivity index (χ3v) is 3.68. The van der Waals surface area contributed by atoms with E-state index in [0.29, 0.717) is 43.1 Å². The predicted molar refractivity (Wildman–Crippen MR) is 79.5 cm³/mol. The van der Waals surface area contributed by atoms with Crippen LogP contribution in [0.15, 0.2) is 11.1 Å². The molecule has 108 valence electrons. The average molecular weight is 382 g/mol. The number of nitrogens with zero attached hydrogens (tertiary/aromatic N) is 2. The summed E-state index contributed by atoms with van der Waals surface area (Å²) in [4.78, 5) is 16.0. The molecule has 0 spiro atoms. The zero-order chi connectivity index (χ0) is 14.1. The second-order valence-electron chi connectivity index (χ2n) is 3.86. The van der Waals surface area contributed by atoms with Crippen molar-refractivity contribution in [2.24, 2.45) is 0 Å². The molecule has 0 bridgehead atoms. The van der Waals surface area contributed by atoms with Gasteiger partial charge in [0, 0.05) is 7.11 Å². The summed E-state index contributed by atoms with van der Waals surface area (Å²) in [5.41, 5.74) is 0.738. The van der Waals surface area contributed by atoms with Crippen molar-refractivity contribution >= 4 is 22.6 Å². The SMILES string of the molecule is COCCOCCOCCn1cnc(C)c(I)c1=O. The molecule has 6 nitrogen and oxygen atoms in total. The Bertz CT molecular complexity index is 436. The lowest BCUT2D eigenvalue weighted by atomic mass is 10.4. The van der Waals surface area contributed by atoms with Gasteiger partial charge in [-0.2, -0.15) is 0 Å². The van der Waals surface area contributed by atoms with E-state index in [1.165, 1.54) is 0 Å². The molecule has 1 heterocycles. The molecular formula is C12H19IN2O4. The quantitative estimate of drug-likeness (QED) is 0.468. The van der Waals surface area contributed by atoms with E-state index in [9.17, 15) is 4.79 Å². The van der Waals surface area contributed by atoms with Crippen molar-refractivity contribution in [1.82, 2.24) is 9.55 Å². The highest BCUT2D eigenvalue weighted by atomic mass is 127. The minimum absolute atomic E-state index is 0.0203. The number of aryl methyl sites for hydroxylation is 1. The molecule has 0 aromatic carbocycles. The maximum absolute atomic E-state index is 11.8. The van der Waals surface area contributed by atoms with Crippen LogP contribution >= 0.6 is 22.6 Å². The lowest BCUT2D eigenvalue weighted by molar-refractivity contribution is 0.0228. The Morgan fingerprint density at radius 1 is 1.21 bits per heavy atom. The summed E-state index contributed by atoms with van der Waals surface area (Å²) < 4.78 is 17.7. The molecule has 0 unspecified atom stereocenters. The van der Waals surface area contributed by atoms with Crippen LogP contribution in [0.3, 0.4) is 0 Å². The summed E-state index contributed by atoms with van der Waals surface area (Å²) in [6.07, 6.45) is 1.55. The number of rotatable bonds is 9. The van der Waals surface area contributed by atoms with Crippen LogP contribution in [-0.4, -0.2) is 49.7 Å². The first-order valence-electron chi connectivity index (χ1n) is 6.02. The second-order valence-corrected chi connectivity index (χ2v) is 4.94. The van der Waals surface area contributed by atoms with Crippen LogP contribution in [0.5, 0.6) is 0 Å². The highest BCUT2D eigenvalue weighted by Crippen LogP contribution is 2.00. The molecule has 0 N–H and O–H groups in total. The summed E-state index contributed by atoms with van der Waals surface area (Å²) in [5.74, 6) is 0. The van der Waals surface area contributed by atoms with E-state index >= 15 is 0 Å². The van der Waals surface area contributed by atoms with Gasteiger partial charge >= 0.3 is 0 Å². The highest BCUT2D eigenvalue weighted by molar-refractivity contribution is 14.1. The molecule has 0 aliphatic rings. The Morgan fingerprint density at radius 3 is 2.53 bits per heavy atom. The Morgan fingerprint density at radius 2 is 1.84 bits per heavy atom. The maximum atomic E-state index is 11.8. The molecule has 1 rings (SSSR count). The van der Waals surface area contributed by atoms with Gasteiger partial charge in [-0.15, -0.1) is 0 Å². The molecule has 0 amide bonds. The number of ether oxygens (including phenoxy) is 3. The fourth-order valence-corrected chi connectivity index (χ4v) is 1.78. The average Bonchev–Trinajstić information content (AvgIpc) is 2.41. The van der Waals surface area contributed by atoms with Crippen molar-refractivity contribution in [2.75, 3.05) is 40.1 Å². The minimum atomic E-state index is -0.0203. The zero-order valence-corrected chi connectivity index (χ0v) is 13.4. The van der Waals surface area contributed by atoms with Crippen molar-refractivity contribution in [2.45, 2.75) is 13.5 Å². The van der Waals surface area contributed by atoms with Gasteiger partial charge in [-0.25, -0.2) is 4.98 Å². The van der Waals surface area contributed by atoms with E-state index < -0.39 is 0 Å². The minimum Gasteiger partial charge on any atom is -0.382 e. The monoisotopic (exact) mass is 382 g/mol. The van der Waals surface area contributed by atoms with E-state index in [1.807, 2.05) is 29.5 Å². The molecule has 1 aromatic heterocycles. The van der Waals surface area contributed by atoms with Crippen LogP contribution in [0.2, 0.25) is 0 Å². The molecule has 19 heavy (non-hydrogen) atoms. The standard InChI is InChI=1S/C12H19IN2O4/c1-10-11(13)12(16)15(9-14-10)3-4-18-7-8-19-6-5-17-2/h9H,3-8H2,1-2H3. The molecule has 0 fully saturated rings. The fraction of sp³-hybridized carbons (Fsp3) is 0.667. The first-order chi connectivity index (χ1) is 9.16. The van der Waals surface area contributed by atoms with Crippen molar-refractivity contribution < 1.29 is 14.2 Å². The normalized spacial score (nSPS) is 10.9. The number of methoxy groups -OCH3 is 1. The smallest absolute Gasteiger partial charge is 0.267 e. The van der Waals surface area contributed by atoms with E-state index in [2.05, 4.69) is 4.98 Å². The Balaban J connectivity index is 2.20. The van der Waals surface area contributed by atoms with Crippen LogP contribution in [0.4, 0.5) is 0 Å². The molecular weight excluding hydrogens is 363 g/mol. The van der Waals surface area contributed by atoms with Crippen LogP contribution in [-0.2, 0) is 20.8 Å². The Kier molecular flexibility index (Phi) is 8.19. The van der Waals surface area contributed by atoms with Crippen molar-refractivity contribution in [3.05, 3.63) is 25.9 Å². The summed E-state index contributed by atoms with van der Waals surface area (Å²) in [6, 6.07) is 0. The molecule has 0 aliphatic heterocycles. The van der Waals surface area contributed by atoms with Gasteiger partial charge in [-0.3, -0.25) is 9.36 Å². The van der Waals surface area contributed by atoms with Gasteiger partial charge in [-0.1, -0.05) is 0 Å². The van der Waals surface area contributed by atoms with Crippen molar-refractivity contribution in [3.8, 4) is 0 Å². The first-order valence-corrected chi connectivity index (χ1v) is 7.10. The van der Waals surface area contributed by atoms with E-state index in [0.717, 1.165) is 5.69 Å². The number of hydrogen-bond acceptors (Lipinski definition) is 5. The maximum Gasteiger partial charge on any atom is 0.267 e. The summed E-state index contributed by atoms with van der Waals surface area (Å²) in [5, 5.41) is 0. The molecule has 1 aromatic rings. The Hall–Kier alpha value is -0.510. The molecule has 0 saturated heterocycles. The van der Waals surface area contributed by atoms with Crippen LogP contribution < -0.4 is 5.56 Å². The Labute approximate surface area is 126 Å². The van der Waals surface area contributed by atoms with Crippen LogP contribution in [0, 0.1) is 10.5 Å². The van der Waals surface area contributed by atoms with Gasteiger partial charge < -0.3 is 14.2 Å². The van der Waals surface area contributed by atoms with Gasteiger partial charge in [0.25, 0.3) is 5.56 Å². The van der Waals surface area contributed by atoms with Crippen LogP contribution in [0.25, 0.3) is 0 Å². The van der Waals surface area contributed by atoms with Gasteiger partial charge in [-0.05, 0) is 29.5 Å². The number of hydrogen-bond donors (Lipinski definition) is 0. The zero-order valence-electron chi connectivity index (χ0n) is 11.2. The van der Waals surface area contributed by atoms with Gasteiger partial charge in [0.1, 0.15) is 0 Å². The van der Waals surface area contributed by atoms with Gasteiger partial charge in [0.05, 0.1) is 55.2 Å². The summed E-state index contributed by atoms with van der Waals surface area (Å²) in [7, 11) is 1.63. The van der Waals surface area contributed by atoms with Crippen molar-refractivity contribution in [1.29, 1.82) is 0 Å². The second kappa shape index (κ2) is 9.40. The highest BCUT2D eigenvalue weighted by Gasteiger charge is 2.04. The van der Waals surface area contributed by atoms with E-state index in [-0.39, 0.29) is 5.56 Å². The fourth-order valence-electron chi connectivity index (χ4n) is 1.33. The predicted octanol–water partition coefficient (Wildman–Crippen LogP) is 0.836. The lowest BCUT2D eigenvalue weighted by Gasteiger charge is -2.08. The van der Waals surface area contributed by atoms with E-state index in [1.54, 1.807) is 18.0 Å². The molecule has 0 radical (unpaired) electrons. The van der Waals surface area contributed by atoms with Gasteiger partial charge in [0.2, 0.25) is 0 Å². The third kappa shape index (κ3) is 5.98. The summed E-state index contributed by atoms with van der Waals surface area (Å²) in [6.45, 7) is 4.98. The number of aromatic nitrogens is 2. The largest absolute Gasteiger partial charge is 0.382 e. The first kappa shape index (κ1) is 16.5.